The number of aromatic nitrogens is 1. The third-order valence-corrected chi connectivity index (χ3v) is 13.7. The Labute approximate surface area is 304 Å². The van der Waals surface area contributed by atoms with E-state index in [-0.39, 0.29) is 44.2 Å². The Morgan fingerprint density at radius 2 is 1.87 bits per heavy atom. The van der Waals surface area contributed by atoms with Gasteiger partial charge in [0.1, 0.15) is 23.2 Å². The maximum Gasteiger partial charge on any atom is 0.437 e. The number of benzene rings is 1. The van der Waals surface area contributed by atoms with E-state index in [2.05, 4.69) is 20.3 Å². The smallest absolute Gasteiger partial charge is 0.437 e. The van der Waals surface area contributed by atoms with Gasteiger partial charge in [-0.25, -0.2) is 18.2 Å². The van der Waals surface area contributed by atoms with Crippen molar-refractivity contribution in [3.8, 4) is 5.75 Å². The van der Waals surface area contributed by atoms with Gasteiger partial charge in [0, 0.05) is 23.3 Å². The van der Waals surface area contributed by atoms with E-state index in [1.54, 1.807) is 25.1 Å². The zero-order valence-electron chi connectivity index (χ0n) is 29.3. The maximum absolute atomic E-state index is 14.6. The number of pyridine rings is 1. The number of rotatable bonds is 4. The first-order valence-corrected chi connectivity index (χ1v) is 19.4. The normalized spacial score (nSPS) is 29.8. The lowest BCUT2D eigenvalue weighted by Crippen LogP contribution is -2.58. The van der Waals surface area contributed by atoms with Crippen LogP contribution in [-0.2, 0) is 37.0 Å². The Bertz CT molecular complexity index is 2040. The van der Waals surface area contributed by atoms with Crippen LogP contribution in [0.4, 0.5) is 18.0 Å². The Kier molecular flexibility index (Phi) is 8.97. The zero-order valence-corrected chi connectivity index (χ0v) is 30.2. The summed E-state index contributed by atoms with van der Waals surface area (Å²) in [6, 6.07) is 2.23. The SMILES string of the molecule is Cc1ccc2nc(C(F)(F)F)c3c(c2c1)CC[C@]1(C[C@H]2C(=O)N[C@]4(C(=O)NS(=O)(=O)C5(C)CC5)C[C@H]4C=CCCCCC[C@H](NC(=O)O)C(=O)N2C1)O3. The molecule has 2 saturated carbocycles. The fourth-order valence-corrected chi connectivity index (χ4v) is 9.30. The van der Waals surface area contributed by atoms with Gasteiger partial charge in [0.15, 0.2) is 11.4 Å². The first kappa shape index (κ1) is 36.9. The second-order valence-electron chi connectivity index (χ2n) is 15.5. The molecule has 1 spiro atoms. The summed E-state index contributed by atoms with van der Waals surface area (Å²) in [4.78, 5) is 59.3. The van der Waals surface area contributed by atoms with Crippen LogP contribution in [0.25, 0.3) is 10.9 Å². The average Bonchev–Trinajstić information content (AvgIpc) is 3.97. The quantitative estimate of drug-likeness (QED) is 0.331. The first-order chi connectivity index (χ1) is 24.9. The number of hydrogen-bond donors (Lipinski definition) is 4. The highest BCUT2D eigenvalue weighted by atomic mass is 32.2. The number of amides is 4. The average molecular weight is 762 g/mol. The summed E-state index contributed by atoms with van der Waals surface area (Å²) in [6.07, 6.45) is 0.488. The number of halogens is 3. The van der Waals surface area contributed by atoms with Gasteiger partial charge in [-0.3, -0.25) is 19.1 Å². The second-order valence-corrected chi connectivity index (χ2v) is 17.7. The van der Waals surface area contributed by atoms with E-state index in [1.807, 2.05) is 6.08 Å². The predicted octanol–water partition coefficient (Wildman–Crippen LogP) is 4.26. The summed E-state index contributed by atoms with van der Waals surface area (Å²) in [5.41, 5.74) is -3.16. The molecule has 2 aliphatic carbocycles. The molecule has 17 heteroatoms. The van der Waals surface area contributed by atoms with E-state index >= 15 is 0 Å². The fourth-order valence-electron chi connectivity index (χ4n) is 7.99. The standard InChI is InChI=1S/C36H42F3N5O8S/c1-20-10-11-24-23(16-20)22-12-13-34(52-27(22)28(40-24)36(37,38)39)18-26-29(45)42-35(31(47)43-53(50,51)33(2)14-15-33)17-21(35)8-6-4-3-5-7-9-25(41-32(48)49)30(46)44(26)19-34/h6,8,10-11,16,21,25-26,41H,3-5,7,9,12-15,17-19H2,1-2H3,(H,42,45)(H,43,47)(H,48,49)/t21-,25+,26+,34-,35-/m1/s1. The highest BCUT2D eigenvalue weighted by molar-refractivity contribution is 7.91. The van der Waals surface area contributed by atoms with E-state index in [0.717, 1.165) is 10.5 Å². The largest absolute Gasteiger partial charge is 0.483 e. The topological polar surface area (TPSA) is 184 Å². The molecule has 4 N–H and O–H groups in total. The molecule has 286 valence electrons. The fraction of sp³-hybridized carbons (Fsp3) is 0.583. The minimum Gasteiger partial charge on any atom is -0.483 e. The molecule has 4 heterocycles. The number of ether oxygens (including phenoxy) is 1. The molecule has 5 aliphatic rings. The first-order valence-electron chi connectivity index (χ1n) is 17.9. The lowest BCUT2D eigenvalue weighted by molar-refractivity contribution is -0.144. The molecule has 13 nitrogen and oxygen atoms in total. The minimum absolute atomic E-state index is 0.0826. The van der Waals surface area contributed by atoms with Crippen LogP contribution in [0.1, 0.15) is 88.0 Å². The van der Waals surface area contributed by atoms with Crippen LogP contribution < -0.4 is 20.1 Å². The van der Waals surface area contributed by atoms with Crippen LogP contribution in [0.2, 0.25) is 0 Å². The van der Waals surface area contributed by atoms with Crippen molar-refractivity contribution in [2.24, 2.45) is 5.92 Å². The number of nitrogens with one attached hydrogen (secondary N) is 3. The van der Waals surface area contributed by atoms with Crippen LogP contribution in [0.5, 0.6) is 5.75 Å². The molecule has 1 aromatic heterocycles. The van der Waals surface area contributed by atoms with Crippen molar-refractivity contribution in [3.05, 3.63) is 47.2 Å². The third-order valence-electron chi connectivity index (χ3n) is 11.5. The molecule has 0 bridgehead atoms. The van der Waals surface area contributed by atoms with E-state index in [1.165, 1.54) is 13.0 Å². The number of nitrogens with zero attached hydrogens (tertiary/aromatic N) is 2. The van der Waals surface area contributed by atoms with Crippen molar-refractivity contribution in [1.29, 1.82) is 0 Å². The highest BCUT2D eigenvalue weighted by Crippen LogP contribution is 2.50. The van der Waals surface area contributed by atoms with Crippen LogP contribution in [0.3, 0.4) is 0 Å². The van der Waals surface area contributed by atoms with Gasteiger partial charge in [0.05, 0.1) is 16.8 Å². The Morgan fingerprint density at radius 1 is 1.11 bits per heavy atom. The number of carbonyl (C=O) groups is 4. The van der Waals surface area contributed by atoms with Gasteiger partial charge in [-0.2, -0.15) is 13.2 Å². The molecule has 0 radical (unpaired) electrons. The summed E-state index contributed by atoms with van der Waals surface area (Å²) < 4.78 is 77.2. The number of carbonyl (C=O) groups excluding carboxylic acids is 3. The van der Waals surface area contributed by atoms with E-state index < -0.39 is 85.3 Å². The Hall–Kier alpha value is -4.41. The number of aryl methyl sites for hydroxylation is 2. The van der Waals surface area contributed by atoms with Crippen LogP contribution in [0.15, 0.2) is 30.4 Å². The zero-order chi connectivity index (χ0) is 38.1. The van der Waals surface area contributed by atoms with Gasteiger partial charge in [-0.05, 0) is 77.3 Å². The number of allylic oxidation sites excluding steroid dienone is 1. The molecule has 7 rings (SSSR count). The molecule has 2 aromatic rings. The molecule has 1 aromatic carbocycles. The summed E-state index contributed by atoms with van der Waals surface area (Å²) in [7, 11) is -4.08. The molecular formula is C36H42F3N5O8S. The van der Waals surface area contributed by atoms with Gasteiger partial charge in [-0.15, -0.1) is 0 Å². The van der Waals surface area contributed by atoms with Gasteiger partial charge in [-0.1, -0.05) is 36.6 Å². The number of fused-ring (bicyclic) bond motifs is 5. The Balaban J connectivity index is 1.27. The van der Waals surface area contributed by atoms with Crippen LogP contribution >= 0.6 is 0 Å². The maximum atomic E-state index is 14.6. The summed E-state index contributed by atoms with van der Waals surface area (Å²) in [5.74, 6) is -3.56. The number of hydrogen-bond acceptors (Lipinski definition) is 8. The lowest BCUT2D eigenvalue weighted by Gasteiger charge is -2.37. The number of alkyl halides is 3. The molecular weight excluding hydrogens is 719 g/mol. The summed E-state index contributed by atoms with van der Waals surface area (Å²) in [5, 5.41) is 15.1. The van der Waals surface area contributed by atoms with E-state index in [4.69, 9.17) is 4.74 Å². The van der Waals surface area contributed by atoms with Crippen molar-refractivity contribution in [2.75, 3.05) is 6.54 Å². The van der Waals surface area contributed by atoms with E-state index in [0.29, 0.717) is 49.5 Å². The predicted molar refractivity (Wildman–Crippen MR) is 184 cm³/mol. The minimum atomic E-state index is -4.90. The monoisotopic (exact) mass is 761 g/mol. The third kappa shape index (κ3) is 6.80. The van der Waals surface area contributed by atoms with Crippen molar-refractivity contribution < 1.29 is 50.6 Å². The molecule has 0 unspecified atom stereocenters. The lowest BCUT2D eigenvalue weighted by atomic mass is 9.86. The van der Waals surface area contributed by atoms with E-state index in [9.17, 15) is 45.9 Å². The van der Waals surface area contributed by atoms with Crippen molar-refractivity contribution in [3.63, 3.8) is 0 Å². The number of carboxylic acid groups (broad SMARTS) is 1. The Morgan fingerprint density at radius 3 is 2.57 bits per heavy atom. The molecule has 3 fully saturated rings. The van der Waals surface area contributed by atoms with Crippen molar-refractivity contribution in [2.45, 2.75) is 119 Å². The van der Waals surface area contributed by atoms with Crippen molar-refractivity contribution in [1.82, 2.24) is 25.2 Å². The summed E-state index contributed by atoms with van der Waals surface area (Å²) in [6.45, 7) is 2.98. The van der Waals surface area contributed by atoms with Gasteiger partial charge in [0.2, 0.25) is 21.8 Å². The van der Waals surface area contributed by atoms with Gasteiger partial charge < -0.3 is 25.4 Å². The molecule has 5 atom stereocenters. The van der Waals surface area contributed by atoms with Gasteiger partial charge in [0.25, 0.3) is 5.91 Å². The van der Waals surface area contributed by atoms with Crippen molar-refractivity contribution >= 4 is 44.7 Å². The van der Waals surface area contributed by atoms with Crippen LogP contribution in [0, 0.1) is 12.8 Å². The molecule has 4 amide bonds. The van der Waals surface area contributed by atoms with Gasteiger partial charge >= 0.3 is 12.3 Å². The molecule has 3 aliphatic heterocycles. The molecule has 1 saturated heterocycles. The van der Waals surface area contributed by atoms with Crippen LogP contribution in [-0.4, -0.2) is 81.7 Å². The molecule has 53 heavy (non-hydrogen) atoms. The number of sulfonamides is 1. The second kappa shape index (κ2) is 12.9. The highest BCUT2D eigenvalue weighted by Gasteiger charge is 2.64. The summed E-state index contributed by atoms with van der Waals surface area (Å²) >= 11 is 0.